The standard InChI is InChI=1S/C28H32N2O2/c1-28(2,27(29)31)32-26-15-9-14-23-16-17-24(18-25(23)26)30(19-21-10-5-3-6-11-21)20-22-12-7-4-8-13-22/h3-15,24H,16-20H2,1-2H3,(H2,29,31). The van der Waals surface area contributed by atoms with Gasteiger partial charge in [0.15, 0.2) is 5.60 Å². The van der Waals surface area contributed by atoms with E-state index in [0.717, 1.165) is 38.1 Å². The van der Waals surface area contributed by atoms with Crippen LogP contribution in [-0.4, -0.2) is 22.4 Å². The second kappa shape index (κ2) is 9.58. The quantitative estimate of drug-likeness (QED) is 0.556. The van der Waals surface area contributed by atoms with Crippen LogP contribution in [0.3, 0.4) is 0 Å². The number of nitrogens with two attached hydrogens (primary N) is 1. The lowest BCUT2D eigenvalue weighted by Crippen LogP contribution is -2.44. The Bertz CT molecular complexity index is 1010. The van der Waals surface area contributed by atoms with E-state index in [-0.39, 0.29) is 0 Å². The second-order valence-electron chi connectivity index (χ2n) is 9.14. The maximum Gasteiger partial charge on any atom is 0.261 e. The highest BCUT2D eigenvalue weighted by Crippen LogP contribution is 2.34. The number of amides is 1. The number of aryl methyl sites for hydroxylation is 1. The molecular formula is C28H32N2O2. The summed E-state index contributed by atoms with van der Waals surface area (Å²) in [4.78, 5) is 14.4. The van der Waals surface area contributed by atoms with Crippen molar-refractivity contribution in [2.24, 2.45) is 5.73 Å². The summed E-state index contributed by atoms with van der Waals surface area (Å²) in [6.07, 6.45) is 2.98. The maximum absolute atomic E-state index is 11.9. The van der Waals surface area contributed by atoms with Crippen molar-refractivity contribution in [1.29, 1.82) is 0 Å². The zero-order valence-electron chi connectivity index (χ0n) is 19.0. The van der Waals surface area contributed by atoms with Crippen LogP contribution >= 0.6 is 0 Å². The summed E-state index contributed by atoms with van der Waals surface area (Å²) >= 11 is 0. The van der Waals surface area contributed by atoms with Gasteiger partial charge >= 0.3 is 0 Å². The molecule has 0 spiro atoms. The van der Waals surface area contributed by atoms with Gasteiger partial charge < -0.3 is 10.5 Å². The van der Waals surface area contributed by atoms with Crippen molar-refractivity contribution in [3.05, 3.63) is 101 Å². The van der Waals surface area contributed by atoms with Crippen LogP contribution in [0.2, 0.25) is 0 Å². The number of rotatable bonds is 8. The van der Waals surface area contributed by atoms with E-state index < -0.39 is 11.5 Å². The average molecular weight is 429 g/mol. The maximum atomic E-state index is 11.9. The Morgan fingerprint density at radius 2 is 1.53 bits per heavy atom. The van der Waals surface area contributed by atoms with E-state index in [0.29, 0.717) is 6.04 Å². The van der Waals surface area contributed by atoms with Crippen LogP contribution in [-0.2, 0) is 30.7 Å². The molecule has 1 amide bonds. The largest absolute Gasteiger partial charge is 0.478 e. The molecule has 0 aromatic heterocycles. The van der Waals surface area contributed by atoms with E-state index in [4.69, 9.17) is 10.5 Å². The third kappa shape index (κ3) is 5.20. The lowest BCUT2D eigenvalue weighted by molar-refractivity contribution is -0.130. The van der Waals surface area contributed by atoms with Crippen molar-refractivity contribution in [1.82, 2.24) is 4.90 Å². The lowest BCUT2D eigenvalue weighted by atomic mass is 9.86. The van der Waals surface area contributed by atoms with Gasteiger partial charge in [-0.1, -0.05) is 72.8 Å². The summed E-state index contributed by atoms with van der Waals surface area (Å²) in [6, 6.07) is 27.8. The van der Waals surface area contributed by atoms with E-state index in [9.17, 15) is 4.79 Å². The van der Waals surface area contributed by atoms with E-state index in [1.807, 2.05) is 12.1 Å². The van der Waals surface area contributed by atoms with Gasteiger partial charge in [-0.25, -0.2) is 0 Å². The molecule has 0 saturated heterocycles. The number of primary amides is 1. The minimum atomic E-state index is -1.05. The molecule has 0 heterocycles. The summed E-state index contributed by atoms with van der Waals surface area (Å²) in [6.45, 7) is 5.25. The summed E-state index contributed by atoms with van der Waals surface area (Å²) in [5, 5.41) is 0. The molecule has 3 aromatic rings. The molecule has 0 saturated carbocycles. The molecule has 166 valence electrons. The highest BCUT2D eigenvalue weighted by molar-refractivity contribution is 5.83. The Labute approximate surface area is 191 Å². The minimum Gasteiger partial charge on any atom is -0.478 e. The first-order valence-corrected chi connectivity index (χ1v) is 11.3. The molecule has 2 N–H and O–H groups in total. The molecule has 4 heteroatoms. The zero-order valence-corrected chi connectivity index (χ0v) is 19.0. The Morgan fingerprint density at radius 3 is 2.09 bits per heavy atom. The highest BCUT2D eigenvalue weighted by Gasteiger charge is 2.31. The smallest absolute Gasteiger partial charge is 0.261 e. The van der Waals surface area contributed by atoms with Crippen LogP contribution in [0.15, 0.2) is 78.9 Å². The molecule has 3 aromatic carbocycles. The molecule has 0 aliphatic heterocycles. The number of hydrogen-bond acceptors (Lipinski definition) is 3. The monoisotopic (exact) mass is 428 g/mol. The molecule has 1 aliphatic carbocycles. The van der Waals surface area contributed by atoms with Gasteiger partial charge in [-0.3, -0.25) is 9.69 Å². The van der Waals surface area contributed by atoms with Gasteiger partial charge in [0.1, 0.15) is 5.75 Å². The lowest BCUT2D eigenvalue weighted by Gasteiger charge is -2.36. The van der Waals surface area contributed by atoms with Gasteiger partial charge in [-0.2, -0.15) is 0 Å². The van der Waals surface area contributed by atoms with Crippen molar-refractivity contribution in [2.75, 3.05) is 0 Å². The van der Waals surface area contributed by atoms with Crippen molar-refractivity contribution in [2.45, 2.75) is 57.8 Å². The number of fused-ring (bicyclic) bond motifs is 1. The predicted octanol–water partition coefficient (Wildman–Crippen LogP) is 4.89. The van der Waals surface area contributed by atoms with Crippen LogP contribution in [0, 0.1) is 0 Å². The van der Waals surface area contributed by atoms with Gasteiger partial charge in [0.05, 0.1) is 0 Å². The number of carbonyl (C=O) groups is 1. The first-order valence-electron chi connectivity index (χ1n) is 11.3. The fraction of sp³-hybridized carbons (Fsp3) is 0.321. The van der Waals surface area contributed by atoms with Crippen molar-refractivity contribution in [3.63, 3.8) is 0 Å². The van der Waals surface area contributed by atoms with Gasteiger partial charge in [0.25, 0.3) is 5.91 Å². The summed E-state index contributed by atoms with van der Waals surface area (Å²) in [5.74, 6) is 0.313. The molecule has 32 heavy (non-hydrogen) atoms. The molecule has 0 fully saturated rings. The molecule has 1 atom stereocenters. The van der Waals surface area contributed by atoms with Gasteiger partial charge in [-0.15, -0.1) is 0 Å². The molecule has 4 nitrogen and oxygen atoms in total. The predicted molar refractivity (Wildman–Crippen MR) is 128 cm³/mol. The normalized spacial score (nSPS) is 15.9. The fourth-order valence-electron chi connectivity index (χ4n) is 4.42. The number of benzene rings is 3. The SMILES string of the molecule is CC(C)(Oc1cccc2c1CC(N(Cc1ccccc1)Cc1ccccc1)CC2)C(N)=O. The zero-order chi connectivity index (χ0) is 22.6. The third-order valence-electron chi connectivity index (χ3n) is 6.35. The Kier molecular flexibility index (Phi) is 6.61. The number of carbonyl (C=O) groups excluding carboxylic acids is 1. The molecular weight excluding hydrogens is 396 g/mol. The van der Waals surface area contributed by atoms with E-state index in [1.165, 1.54) is 22.3 Å². The fourth-order valence-corrected chi connectivity index (χ4v) is 4.42. The molecule has 0 radical (unpaired) electrons. The number of hydrogen-bond donors (Lipinski definition) is 1. The summed E-state index contributed by atoms with van der Waals surface area (Å²) < 4.78 is 6.13. The van der Waals surface area contributed by atoms with Crippen LogP contribution in [0.5, 0.6) is 5.75 Å². The first-order chi connectivity index (χ1) is 15.4. The number of nitrogens with zero attached hydrogens (tertiary/aromatic N) is 1. The second-order valence-corrected chi connectivity index (χ2v) is 9.14. The molecule has 4 rings (SSSR count). The Morgan fingerprint density at radius 1 is 0.938 bits per heavy atom. The topological polar surface area (TPSA) is 55.6 Å². The highest BCUT2D eigenvalue weighted by atomic mass is 16.5. The minimum absolute atomic E-state index is 0.379. The van der Waals surface area contributed by atoms with Crippen LogP contribution in [0.4, 0.5) is 0 Å². The van der Waals surface area contributed by atoms with Crippen molar-refractivity contribution >= 4 is 5.91 Å². The molecule has 1 aliphatic rings. The average Bonchev–Trinajstić information content (AvgIpc) is 2.80. The van der Waals surface area contributed by atoms with Crippen molar-refractivity contribution in [3.8, 4) is 5.75 Å². The molecule has 0 bridgehead atoms. The van der Waals surface area contributed by atoms with E-state index in [2.05, 4.69) is 71.6 Å². The Hall–Kier alpha value is -3.11. The molecule has 1 unspecified atom stereocenters. The summed E-state index contributed by atoms with van der Waals surface area (Å²) in [5.41, 5.74) is 9.65. The van der Waals surface area contributed by atoms with Crippen LogP contribution < -0.4 is 10.5 Å². The van der Waals surface area contributed by atoms with Gasteiger partial charge in [-0.05, 0) is 61.4 Å². The van der Waals surface area contributed by atoms with E-state index >= 15 is 0 Å². The Balaban J connectivity index is 1.61. The van der Waals surface area contributed by atoms with Gasteiger partial charge in [0.2, 0.25) is 0 Å². The summed E-state index contributed by atoms with van der Waals surface area (Å²) in [7, 11) is 0. The van der Waals surface area contributed by atoms with Crippen molar-refractivity contribution < 1.29 is 9.53 Å². The van der Waals surface area contributed by atoms with Crippen LogP contribution in [0.1, 0.15) is 42.5 Å². The van der Waals surface area contributed by atoms with E-state index in [1.54, 1.807) is 13.8 Å². The first kappa shape index (κ1) is 22.1. The number of ether oxygens (including phenoxy) is 1. The third-order valence-corrected chi connectivity index (χ3v) is 6.35. The van der Waals surface area contributed by atoms with Crippen LogP contribution in [0.25, 0.3) is 0 Å². The van der Waals surface area contributed by atoms with Gasteiger partial charge in [0, 0.05) is 19.1 Å².